The molecule has 0 spiro atoms. The van der Waals surface area contributed by atoms with Crippen molar-refractivity contribution in [3.8, 4) is 0 Å². The minimum Gasteiger partial charge on any atom is -0.316 e. The first kappa shape index (κ1) is 10.4. The lowest BCUT2D eigenvalue weighted by Crippen LogP contribution is -2.34. The van der Waals surface area contributed by atoms with Crippen LogP contribution in [0.4, 0.5) is 0 Å². The van der Waals surface area contributed by atoms with Crippen molar-refractivity contribution in [2.45, 2.75) is 33.2 Å². The summed E-state index contributed by atoms with van der Waals surface area (Å²) in [5, 5.41) is 3.51. The maximum atomic E-state index is 3.51. The number of likely N-dealkylation sites (tertiary alicyclic amines) is 1. The topological polar surface area (TPSA) is 15.3 Å². The van der Waals surface area contributed by atoms with Crippen LogP contribution in [0.5, 0.6) is 0 Å². The fourth-order valence-corrected chi connectivity index (χ4v) is 2.98. The number of hydrogen-bond acceptors (Lipinski definition) is 2. The van der Waals surface area contributed by atoms with Crippen LogP contribution in [0.25, 0.3) is 0 Å². The van der Waals surface area contributed by atoms with E-state index in [2.05, 4.69) is 31.0 Å². The largest absolute Gasteiger partial charge is 0.316 e. The molecule has 0 aromatic rings. The second kappa shape index (κ2) is 4.19. The van der Waals surface area contributed by atoms with Gasteiger partial charge in [-0.1, -0.05) is 13.8 Å². The Kier molecular flexibility index (Phi) is 3.13. The molecule has 0 amide bonds. The molecular formula is C12H24N2. The average Bonchev–Trinajstić information content (AvgIpc) is 2.66. The third kappa shape index (κ3) is 1.96. The van der Waals surface area contributed by atoms with Gasteiger partial charge in [0.05, 0.1) is 0 Å². The summed E-state index contributed by atoms with van der Waals surface area (Å²) >= 11 is 0. The van der Waals surface area contributed by atoms with Crippen molar-refractivity contribution >= 4 is 0 Å². The van der Waals surface area contributed by atoms with Gasteiger partial charge in [-0.2, -0.15) is 0 Å². The lowest BCUT2D eigenvalue weighted by molar-refractivity contribution is 0.227. The van der Waals surface area contributed by atoms with Gasteiger partial charge in [0.25, 0.3) is 0 Å². The zero-order valence-electron chi connectivity index (χ0n) is 9.79. The molecule has 0 saturated carbocycles. The molecule has 3 atom stereocenters. The number of rotatable bonds is 3. The summed E-state index contributed by atoms with van der Waals surface area (Å²) < 4.78 is 0. The monoisotopic (exact) mass is 196 g/mol. The number of nitrogens with one attached hydrogen (secondary N) is 1. The summed E-state index contributed by atoms with van der Waals surface area (Å²) in [4.78, 5) is 2.70. The fourth-order valence-electron chi connectivity index (χ4n) is 2.98. The summed E-state index contributed by atoms with van der Waals surface area (Å²) in [6, 6.07) is 0.814. The Balaban J connectivity index is 1.84. The molecule has 0 aliphatic carbocycles. The van der Waals surface area contributed by atoms with Crippen molar-refractivity contribution in [1.82, 2.24) is 10.2 Å². The number of nitrogens with zero attached hydrogens (tertiary/aromatic N) is 1. The molecule has 2 aliphatic rings. The molecule has 2 nitrogen and oxygen atoms in total. The van der Waals surface area contributed by atoms with E-state index in [1.807, 2.05) is 0 Å². The molecule has 0 aromatic carbocycles. The molecule has 82 valence electrons. The van der Waals surface area contributed by atoms with Crippen LogP contribution in [0, 0.1) is 17.8 Å². The minimum absolute atomic E-state index is 0.814. The predicted molar refractivity (Wildman–Crippen MR) is 60.3 cm³/mol. The Labute approximate surface area is 88.1 Å². The van der Waals surface area contributed by atoms with Crippen LogP contribution in [0.15, 0.2) is 0 Å². The molecule has 0 radical (unpaired) electrons. The Bertz CT molecular complexity index is 191. The zero-order chi connectivity index (χ0) is 10.1. The van der Waals surface area contributed by atoms with Gasteiger partial charge in [0, 0.05) is 12.6 Å². The molecule has 1 N–H and O–H groups in total. The van der Waals surface area contributed by atoms with Crippen molar-refractivity contribution in [1.29, 1.82) is 0 Å². The Morgan fingerprint density at radius 3 is 2.79 bits per heavy atom. The molecule has 2 heteroatoms. The molecule has 3 unspecified atom stereocenters. The molecule has 2 aliphatic heterocycles. The lowest BCUT2D eigenvalue weighted by atomic mass is 9.95. The third-order valence-corrected chi connectivity index (χ3v) is 4.05. The van der Waals surface area contributed by atoms with E-state index in [1.54, 1.807) is 0 Å². The normalized spacial score (nSPS) is 38.1. The lowest BCUT2D eigenvalue weighted by Gasteiger charge is -2.24. The van der Waals surface area contributed by atoms with Crippen molar-refractivity contribution in [2.24, 2.45) is 17.8 Å². The van der Waals surface area contributed by atoms with Gasteiger partial charge in [0.15, 0.2) is 0 Å². The average molecular weight is 196 g/mol. The standard InChI is InChI=1S/C12H24N2/c1-9(2)4-5-14-8-11-6-13-7-12(11)10(14)3/h9-13H,4-8H2,1-3H3. The quantitative estimate of drug-likeness (QED) is 0.737. The summed E-state index contributed by atoms with van der Waals surface area (Å²) in [6.07, 6.45) is 1.36. The van der Waals surface area contributed by atoms with Gasteiger partial charge >= 0.3 is 0 Å². The fraction of sp³-hybridized carbons (Fsp3) is 1.00. The van der Waals surface area contributed by atoms with E-state index >= 15 is 0 Å². The van der Waals surface area contributed by atoms with E-state index in [1.165, 1.54) is 32.6 Å². The Morgan fingerprint density at radius 1 is 1.36 bits per heavy atom. The van der Waals surface area contributed by atoms with Crippen LogP contribution < -0.4 is 5.32 Å². The van der Waals surface area contributed by atoms with Crippen molar-refractivity contribution in [3.05, 3.63) is 0 Å². The molecule has 2 rings (SSSR count). The van der Waals surface area contributed by atoms with Gasteiger partial charge in [-0.25, -0.2) is 0 Å². The van der Waals surface area contributed by atoms with Gasteiger partial charge in [0.1, 0.15) is 0 Å². The SMILES string of the molecule is CC(C)CCN1CC2CNCC2C1C. The maximum absolute atomic E-state index is 3.51. The number of fused-ring (bicyclic) bond motifs is 1. The van der Waals surface area contributed by atoms with E-state index in [0.29, 0.717) is 0 Å². The Morgan fingerprint density at radius 2 is 2.14 bits per heavy atom. The van der Waals surface area contributed by atoms with Crippen LogP contribution in [-0.2, 0) is 0 Å². The van der Waals surface area contributed by atoms with E-state index < -0.39 is 0 Å². The first-order valence-corrected chi connectivity index (χ1v) is 6.13. The minimum atomic E-state index is 0.814. The summed E-state index contributed by atoms with van der Waals surface area (Å²) in [5.41, 5.74) is 0. The van der Waals surface area contributed by atoms with E-state index in [9.17, 15) is 0 Å². The third-order valence-electron chi connectivity index (χ3n) is 4.05. The van der Waals surface area contributed by atoms with Gasteiger partial charge in [0.2, 0.25) is 0 Å². The summed E-state index contributed by atoms with van der Waals surface area (Å²) in [7, 11) is 0. The second-order valence-corrected chi connectivity index (χ2v) is 5.50. The Hall–Kier alpha value is -0.0800. The van der Waals surface area contributed by atoms with E-state index in [4.69, 9.17) is 0 Å². The zero-order valence-corrected chi connectivity index (χ0v) is 9.79. The highest BCUT2D eigenvalue weighted by molar-refractivity contribution is 4.96. The van der Waals surface area contributed by atoms with Crippen LogP contribution in [0.2, 0.25) is 0 Å². The van der Waals surface area contributed by atoms with Gasteiger partial charge in [-0.05, 0) is 50.7 Å². The number of hydrogen-bond donors (Lipinski definition) is 1. The molecular weight excluding hydrogens is 172 g/mol. The first-order chi connectivity index (χ1) is 6.68. The highest BCUT2D eigenvalue weighted by atomic mass is 15.2. The highest BCUT2D eigenvalue weighted by Crippen LogP contribution is 2.32. The molecule has 0 bridgehead atoms. The maximum Gasteiger partial charge on any atom is 0.0111 e. The molecule has 14 heavy (non-hydrogen) atoms. The van der Waals surface area contributed by atoms with E-state index in [-0.39, 0.29) is 0 Å². The van der Waals surface area contributed by atoms with Crippen LogP contribution >= 0.6 is 0 Å². The smallest absolute Gasteiger partial charge is 0.0111 e. The van der Waals surface area contributed by atoms with E-state index in [0.717, 1.165) is 23.8 Å². The first-order valence-electron chi connectivity index (χ1n) is 6.13. The predicted octanol–water partition coefficient (Wildman–Crippen LogP) is 1.57. The molecule has 2 fully saturated rings. The van der Waals surface area contributed by atoms with Crippen molar-refractivity contribution in [3.63, 3.8) is 0 Å². The van der Waals surface area contributed by atoms with Crippen LogP contribution in [0.1, 0.15) is 27.2 Å². The van der Waals surface area contributed by atoms with Crippen molar-refractivity contribution in [2.75, 3.05) is 26.2 Å². The van der Waals surface area contributed by atoms with Crippen molar-refractivity contribution < 1.29 is 0 Å². The molecule has 2 heterocycles. The molecule has 2 saturated heterocycles. The van der Waals surface area contributed by atoms with Crippen LogP contribution in [0.3, 0.4) is 0 Å². The second-order valence-electron chi connectivity index (χ2n) is 5.50. The summed E-state index contributed by atoms with van der Waals surface area (Å²) in [5.74, 6) is 2.72. The molecule has 0 aromatic heterocycles. The van der Waals surface area contributed by atoms with Gasteiger partial charge in [-0.3, -0.25) is 4.90 Å². The van der Waals surface area contributed by atoms with Crippen LogP contribution in [-0.4, -0.2) is 37.1 Å². The van der Waals surface area contributed by atoms with Gasteiger partial charge < -0.3 is 5.32 Å². The summed E-state index contributed by atoms with van der Waals surface area (Å²) in [6.45, 7) is 12.2. The van der Waals surface area contributed by atoms with Gasteiger partial charge in [-0.15, -0.1) is 0 Å². The highest BCUT2D eigenvalue weighted by Gasteiger charge is 2.41.